The third-order valence-corrected chi connectivity index (χ3v) is 5.31. The molecule has 2 nitrogen and oxygen atoms in total. The van der Waals surface area contributed by atoms with Crippen LogP contribution in [0, 0.1) is 11.8 Å². The number of fused-ring (bicyclic) bond motifs is 2. The highest BCUT2D eigenvalue weighted by Crippen LogP contribution is 2.44. The van der Waals surface area contributed by atoms with E-state index in [1.807, 2.05) is 42.5 Å². The van der Waals surface area contributed by atoms with E-state index in [0.29, 0.717) is 6.04 Å². The van der Waals surface area contributed by atoms with Crippen LogP contribution in [0.1, 0.15) is 36.0 Å². The van der Waals surface area contributed by atoms with Crippen molar-refractivity contribution < 1.29 is 4.79 Å². The van der Waals surface area contributed by atoms with Gasteiger partial charge >= 0.3 is 0 Å². The minimum Gasteiger partial charge on any atom is -0.349 e. The molecular formula is C20H21NO. The van der Waals surface area contributed by atoms with E-state index in [-0.39, 0.29) is 5.91 Å². The number of benzene rings is 2. The third kappa shape index (κ3) is 2.54. The van der Waals surface area contributed by atoms with Gasteiger partial charge in [0, 0.05) is 11.6 Å². The normalized spacial score (nSPS) is 26.1. The molecule has 1 amide bonds. The minimum atomic E-state index is 0.0807. The zero-order valence-corrected chi connectivity index (χ0v) is 12.7. The maximum atomic E-state index is 12.4. The Morgan fingerprint density at radius 2 is 1.59 bits per heavy atom. The molecule has 2 bridgehead atoms. The molecule has 3 atom stereocenters. The number of hydrogen-bond acceptors (Lipinski definition) is 1. The van der Waals surface area contributed by atoms with Crippen molar-refractivity contribution in [2.45, 2.75) is 31.7 Å². The Balaban J connectivity index is 1.45. The quantitative estimate of drug-likeness (QED) is 0.899. The summed E-state index contributed by atoms with van der Waals surface area (Å²) in [4.78, 5) is 12.4. The highest BCUT2D eigenvalue weighted by molar-refractivity contribution is 5.94. The fraction of sp³-hybridized carbons (Fsp3) is 0.350. The summed E-state index contributed by atoms with van der Waals surface area (Å²) in [5, 5.41) is 3.25. The zero-order chi connectivity index (χ0) is 14.9. The van der Waals surface area contributed by atoms with E-state index in [1.54, 1.807) is 0 Å². The number of carbonyl (C=O) groups is 1. The van der Waals surface area contributed by atoms with Crippen molar-refractivity contribution >= 4 is 5.91 Å². The maximum absolute atomic E-state index is 12.4. The Hall–Kier alpha value is -2.09. The lowest BCUT2D eigenvalue weighted by Gasteiger charge is -2.22. The predicted molar refractivity (Wildman–Crippen MR) is 88.6 cm³/mol. The summed E-state index contributed by atoms with van der Waals surface area (Å²) >= 11 is 0. The van der Waals surface area contributed by atoms with Crippen molar-refractivity contribution in [3.05, 3.63) is 60.2 Å². The third-order valence-electron chi connectivity index (χ3n) is 5.31. The van der Waals surface area contributed by atoms with Crippen LogP contribution in [0.3, 0.4) is 0 Å². The molecule has 2 aliphatic rings. The van der Waals surface area contributed by atoms with Gasteiger partial charge in [0.05, 0.1) is 0 Å². The van der Waals surface area contributed by atoms with Crippen molar-refractivity contribution in [1.82, 2.24) is 5.32 Å². The highest BCUT2D eigenvalue weighted by atomic mass is 16.1. The van der Waals surface area contributed by atoms with E-state index >= 15 is 0 Å². The lowest BCUT2D eigenvalue weighted by Crippen LogP contribution is -2.38. The SMILES string of the molecule is O=C(N[C@@H]1C[C@H]2CC[C@H]1C2)c1ccc(-c2ccccc2)cc1. The van der Waals surface area contributed by atoms with Crippen LogP contribution in [0.15, 0.2) is 54.6 Å². The van der Waals surface area contributed by atoms with E-state index in [1.165, 1.54) is 31.2 Å². The summed E-state index contributed by atoms with van der Waals surface area (Å²) in [7, 11) is 0. The van der Waals surface area contributed by atoms with E-state index < -0.39 is 0 Å². The van der Waals surface area contributed by atoms with Gasteiger partial charge < -0.3 is 5.32 Å². The van der Waals surface area contributed by atoms with Gasteiger partial charge in [-0.3, -0.25) is 4.79 Å². The second-order valence-corrected chi connectivity index (χ2v) is 6.70. The Morgan fingerprint density at radius 1 is 0.864 bits per heavy atom. The van der Waals surface area contributed by atoms with E-state index in [0.717, 1.165) is 23.0 Å². The van der Waals surface area contributed by atoms with Gasteiger partial charge in [-0.1, -0.05) is 48.9 Å². The van der Waals surface area contributed by atoms with Crippen molar-refractivity contribution in [3.63, 3.8) is 0 Å². The van der Waals surface area contributed by atoms with Crippen molar-refractivity contribution in [3.8, 4) is 11.1 Å². The van der Waals surface area contributed by atoms with Crippen LogP contribution < -0.4 is 5.32 Å². The highest BCUT2D eigenvalue weighted by Gasteiger charge is 2.40. The molecule has 22 heavy (non-hydrogen) atoms. The van der Waals surface area contributed by atoms with Crippen LogP contribution in [-0.2, 0) is 0 Å². The molecule has 0 spiro atoms. The van der Waals surface area contributed by atoms with Gasteiger partial charge in [-0.15, -0.1) is 0 Å². The molecule has 112 valence electrons. The van der Waals surface area contributed by atoms with E-state index in [4.69, 9.17) is 0 Å². The number of carbonyl (C=O) groups excluding carboxylic acids is 1. The first kappa shape index (κ1) is 13.6. The average molecular weight is 291 g/mol. The molecule has 0 unspecified atom stereocenters. The van der Waals surface area contributed by atoms with Crippen molar-refractivity contribution in [1.29, 1.82) is 0 Å². The first-order valence-electron chi connectivity index (χ1n) is 8.26. The van der Waals surface area contributed by atoms with Crippen molar-refractivity contribution in [2.24, 2.45) is 11.8 Å². The topological polar surface area (TPSA) is 29.1 Å². The second kappa shape index (κ2) is 5.60. The lowest BCUT2D eigenvalue weighted by atomic mass is 9.95. The maximum Gasteiger partial charge on any atom is 0.251 e. The molecule has 2 aliphatic carbocycles. The number of hydrogen-bond donors (Lipinski definition) is 1. The monoisotopic (exact) mass is 291 g/mol. The summed E-state index contributed by atoms with van der Waals surface area (Å²) in [6.45, 7) is 0. The summed E-state index contributed by atoms with van der Waals surface area (Å²) in [6.07, 6.45) is 5.15. The Kier molecular flexibility index (Phi) is 3.45. The Morgan fingerprint density at radius 3 is 2.23 bits per heavy atom. The summed E-state index contributed by atoms with van der Waals surface area (Å²) in [5.74, 6) is 1.66. The Bertz CT molecular complexity index is 662. The first-order valence-corrected chi connectivity index (χ1v) is 8.26. The zero-order valence-electron chi connectivity index (χ0n) is 12.7. The number of amides is 1. The molecule has 2 aromatic rings. The summed E-state index contributed by atoms with van der Waals surface area (Å²) < 4.78 is 0. The van der Waals surface area contributed by atoms with E-state index in [9.17, 15) is 4.79 Å². The standard InChI is InChI=1S/C20H21NO/c22-20(21-19-13-14-6-7-18(19)12-14)17-10-8-16(9-11-17)15-4-2-1-3-5-15/h1-5,8-11,14,18-19H,6-7,12-13H2,(H,21,22)/t14-,18-,19+/m0/s1. The van der Waals surface area contributed by atoms with Crippen LogP contribution in [0.4, 0.5) is 0 Å². The average Bonchev–Trinajstić information content (AvgIpc) is 3.19. The summed E-state index contributed by atoms with van der Waals surface area (Å²) in [5.41, 5.74) is 3.10. The molecule has 0 radical (unpaired) electrons. The van der Waals surface area contributed by atoms with Gasteiger partial charge in [0.1, 0.15) is 0 Å². The van der Waals surface area contributed by atoms with Gasteiger partial charge in [-0.2, -0.15) is 0 Å². The van der Waals surface area contributed by atoms with Crippen LogP contribution >= 0.6 is 0 Å². The molecule has 0 aromatic heterocycles. The van der Waals surface area contributed by atoms with Crippen molar-refractivity contribution in [2.75, 3.05) is 0 Å². The molecule has 2 aromatic carbocycles. The smallest absolute Gasteiger partial charge is 0.251 e. The van der Waals surface area contributed by atoms with Crippen LogP contribution in [-0.4, -0.2) is 11.9 Å². The molecule has 4 rings (SSSR count). The molecular weight excluding hydrogens is 270 g/mol. The molecule has 0 aliphatic heterocycles. The fourth-order valence-electron chi connectivity index (χ4n) is 4.12. The molecule has 0 heterocycles. The predicted octanol–water partition coefficient (Wildman–Crippen LogP) is 4.27. The van der Waals surface area contributed by atoms with Crippen LogP contribution in [0.5, 0.6) is 0 Å². The fourth-order valence-corrected chi connectivity index (χ4v) is 4.12. The van der Waals surface area contributed by atoms with Gasteiger partial charge in [0.15, 0.2) is 0 Å². The Labute approximate surface area is 131 Å². The number of nitrogens with one attached hydrogen (secondary N) is 1. The lowest BCUT2D eigenvalue weighted by molar-refractivity contribution is 0.0923. The van der Waals surface area contributed by atoms with Gasteiger partial charge in [-0.05, 0) is 54.4 Å². The van der Waals surface area contributed by atoms with Gasteiger partial charge in [0.2, 0.25) is 0 Å². The molecule has 2 fully saturated rings. The second-order valence-electron chi connectivity index (χ2n) is 6.70. The molecule has 2 saturated carbocycles. The molecule has 1 N–H and O–H groups in total. The molecule has 2 heteroatoms. The largest absolute Gasteiger partial charge is 0.349 e. The van der Waals surface area contributed by atoms with Gasteiger partial charge in [0.25, 0.3) is 5.91 Å². The minimum absolute atomic E-state index is 0.0807. The summed E-state index contributed by atoms with van der Waals surface area (Å²) in [6, 6.07) is 18.6. The van der Waals surface area contributed by atoms with Crippen LogP contribution in [0.2, 0.25) is 0 Å². The first-order chi connectivity index (χ1) is 10.8. The molecule has 0 saturated heterocycles. The number of rotatable bonds is 3. The van der Waals surface area contributed by atoms with Crippen LogP contribution in [0.25, 0.3) is 11.1 Å². The van der Waals surface area contributed by atoms with E-state index in [2.05, 4.69) is 17.4 Å². The van der Waals surface area contributed by atoms with Gasteiger partial charge in [-0.25, -0.2) is 0 Å².